The van der Waals surface area contributed by atoms with E-state index in [1.54, 1.807) is 6.92 Å². The third-order valence-corrected chi connectivity index (χ3v) is 14.9. The van der Waals surface area contributed by atoms with Crippen LogP contribution in [0.25, 0.3) is 39.0 Å². The maximum Gasteiger partial charge on any atom is 0.342 e. The number of nitrogens with zero attached hydrogens (tertiary/aromatic N) is 1. The van der Waals surface area contributed by atoms with Gasteiger partial charge in [0.15, 0.2) is 0 Å². The molecule has 3 aliphatic heterocycles. The van der Waals surface area contributed by atoms with Gasteiger partial charge >= 0.3 is 11.9 Å². The summed E-state index contributed by atoms with van der Waals surface area (Å²) in [5.41, 5.74) is 10.0. The lowest BCUT2D eigenvalue weighted by Crippen LogP contribution is -2.11. The standard InChI is InChI=1S/C55H78N4O6/c1-13-39-34(7)41-29-46-48(38(11)60)36(9)43(57-46)27-42-35(8)40(52(58-42)50-51(55(63)64-12)54(62)49-37(10)44(59-53(49)50)28-45(39)56-41)23-24-47(61)65-26-25-33(6)22-16-21-32(5)20-15-19-31(4)18-14-17-30(2)3/h25,27-32,34-35,39-40,57-60,62H,13-24,26H2,1-12H3/b33-25+,42-27?,45-28?,46-29?,48-38?,52-50?/t31-,32+,34+,35-,39+,40-/m0/s1. The molecule has 65 heavy (non-hydrogen) atoms. The molecule has 0 aromatic carbocycles. The van der Waals surface area contributed by atoms with Gasteiger partial charge in [-0.2, -0.15) is 0 Å². The van der Waals surface area contributed by atoms with Crippen LogP contribution < -0.4 is 5.22 Å². The van der Waals surface area contributed by atoms with E-state index >= 15 is 0 Å². The number of esters is 2. The maximum atomic E-state index is 13.6. The number of carbonyl (C=O) groups is 2. The highest BCUT2D eigenvalue weighted by atomic mass is 16.5. The molecule has 8 bridgehead atoms. The van der Waals surface area contributed by atoms with Gasteiger partial charge in [-0.25, -0.2) is 4.79 Å². The molecule has 0 fully saturated rings. The van der Waals surface area contributed by atoms with Crippen LogP contribution in [0.2, 0.25) is 0 Å². The minimum atomic E-state index is -0.647. The molecule has 0 spiro atoms. The fourth-order valence-electron chi connectivity index (χ4n) is 10.7. The summed E-state index contributed by atoms with van der Waals surface area (Å²) in [5, 5.41) is 24.2. The molecule has 0 unspecified atom stereocenters. The van der Waals surface area contributed by atoms with Crippen molar-refractivity contribution in [2.24, 2.45) is 17.8 Å². The minimum Gasteiger partial charge on any atom is -0.512 e. The Bertz CT molecular complexity index is 2530. The van der Waals surface area contributed by atoms with Gasteiger partial charge in [-0.3, -0.25) is 9.78 Å². The number of aromatic nitrogens is 4. The molecular weight excluding hydrogens is 813 g/mol. The van der Waals surface area contributed by atoms with Crippen LogP contribution in [0.5, 0.6) is 5.75 Å². The molecular formula is C55H78N4O6. The Hall–Kier alpha value is -4.99. The maximum absolute atomic E-state index is 13.6. The van der Waals surface area contributed by atoms with E-state index in [1.165, 1.54) is 57.6 Å². The Morgan fingerprint density at radius 1 is 0.815 bits per heavy atom. The minimum absolute atomic E-state index is 0.0831. The van der Waals surface area contributed by atoms with Crippen LogP contribution >= 0.6 is 0 Å². The highest BCUT2D eigenvalue weighted by Gasteiger charge is 2.38. The zero-order valence-corrected chi connectivity index (χ0v) is 41.5. The summed E-state index contributed by atoms with van der Waals surface area (Å²) >= 11 is 0. The molecule has 5 N–H and O–H groups in total. The molecule has 6 rings (SSSR count). The third-order valence-electron chi connectivity index (χ3n) is 14.9. The van der Waals surface area contributed by atoms with Crippen molar-refractivity contribution >= 4 is 39.6 Å². The second kappa shape index (κ2) is 21.5. The van der Waals surface area contributed by atoms with E-state index in [9.17, 15) is 19.8 Å². The summed E-state index contributed by atoms with van der Waals surface area (Å²) in [5.74, 6) is 1.36. The second-order valence-corrected chi connectivity index (χ2v) is 20.3. The lowest BCUT2D eigenvalue weighted by Gasteiger charge is -2.18. The number of aryl methyl sites for hydroxylation is 2. The first-order valence-corrected chi connectivity index (χ1v) is 24.6. The number of carbonyl (C=O) groups excluding carboxylic acids is 2. The molecule has 0 amide bonds. The number of ether oxygens (including phenoxy) is 2. The van der Waals surface area contributed by atoms with Gasteiger partial charge in [0.25, 0.3) is 0 Å². The van der Waals surface area contributed by atoms with Gasteiger partial charge in [0.05, 0.1) is 24.1 Å². The average Bonchev–Trinajstić information content (AvgIpc) is 4.00. The van der Waals surface area contributed by atoms with Crippen molar-refractivity contribution in [1.29, 1.82) is 0 Å². The lowest BCUT2D eigenvalue weighted by atomic mass is 9.85. The smallest absolute Gasteiger partial charge is 0.342 e. The summed E-state index contributed by atoms with van der Waals surface area (Å²) in [6, 6.07) is 6.18. The average molecular weight is 891 g/mol. The molecule has 4 aliphatic rings. The van der Waals surface area contributed by atoms with Crippen molar-refractivity contribution in [3.63, 3.8) is 0 Å². The number of rotatable bonds is 19. The van der Waals surface area contributed by atoms with Gasteiger partial charge in [-0.15, -0.1) is 0 Å². The number of hydrogen-bond acceptors (Lipinski definition) is 7. The van der Waals surface area contributed by atoms with E-state index in [0.29, 0.717) is 29.0 Å². The molecule has 0 saturated heterocycles. The van der Waals surface area contributed by atoms with Crippen molar-refractivity contribution in [2.45, 2.75) is 177 Å². The normalized spacial score (nSPS) is 19.2. The van der Waals surface area contributed by atoms with E-state index < -0.39 is 5.97 Å². The molecule has 2 aromatic heterocycles. The number of aliphatic hydroxyl groups excluding tert-OH is 1. The number of fused-ring (bicyclic) bond motifs is 8. The first kappa shape index (κ1) is 49.4. The van der Waals surface area contributed by atoms with Crippen LogP contribution in [0.15, 0.2) is 29.8 Å². The lowest BCUT2D eigenvalue weighted by molar-refractivity contribution is -0.142. The van der Waals surface area contributed by atoms with Gasteiger partial charge in [0.1, 0.15) is 17.9 Å². The third kappa shape index (κ3) is 11.0. The number of H-pyrrole nitrogens is 3. The summed E-state index contributed by atoms with van der Waals surface area (Å²) in [6.07, 6.45) is 14.8. The van der Waals surface area contributed by atoms with Crippen molar-refractivity contribution in [2.75, 3.05) is 13.7 Å². The number of allylic oxidation sites excluding steroid dienone is 1. The molecule has 354 valence electrons. The summed E-state index contributed by atoms with van der Waals surface area (Å²) in [6.45, 7) is 23.9. The van der Waals surface area contributed by atoms with Crippen LogP contribution in [0.4, 0.5) is 0 Å². The number of hydrogen-bond donors (Lipinski definition) is 5. The number of aromatic amines is 3. The Morgan fingerprint density at radius 2 is 1.46 bits per heavy atom. The first-order chi connectivity index (χ1) is 30.9. The molecule has 10 nitrogen and oxygen atoms in total. The Labute approximate surface area is 387 Å². The molecule has 0 saturated carbocycles. The van der Waals surface area contributed by atoms with Crippen LogP contribution in [0.1, 0.15) is 207 Å². The van der Waals surface area contributed by atoms with Crippen molar-refractivity contribution < 1.29 is 29.3 Å². The van der Waals surface area contributed by atoms with Crippen LogP contribution in [-0.2, 0) is 14.3 Å². The molecule has 6 atom stereocenters. The van der Waals surface area contributed by atoms with Crippen LogP contribution in [0, 0.1) is 31.6 Å². The number of methoxy groups -OCH3 is 1. The van der Waals surface area contributed by atoms with E-state index in [4.69, 9.17) is 14.5 Å². The van der Waals surface area contributed by atoms with Gasteiger partial charge in [0, 0.05) is 80.1 Å². The highest BCUT2D eigenvalue weighted by Crippen LogP contribution is 2.52. The molecule has 0 radical (unpaired) electrons. The Kier molecular flexibility index (Phi) is 16.4. The van der Waals surface area contributed by atoms with Gasteiger partial charge in [-0.1, -0.05) is 99.0 Å². The molecule has 10 heteroatoms. The number of aliphatic hydroxyl groups is 1. The predicted molar refractivity (Wildman–Crippen MR) is 265 cm³/mol. The van der Waals surface area contributed by atoms with E-state index in [2.05, 4.69) is 88.5 Å². The fourth-order valence-corrected chi connectivity index (χ4v) is 10.7. The van der Waals surface area contributed by atoms with E-state index in [-0.39, 0.29) is 59.7 Å². The number of nitrogens with one attached hydrogen (secondary N) is 3. The van der Waals surface area contributed by atoms with Gasteiger partial charge in [0.2, 0.25) is 0 Å². The summed E-state index contributed by atoms with van der Waals surface area (Å²) in [4.78, 5) is 43.1. The Balaban J connectivity index is 1.25. The van der Waals surface area contributed by atoms with E-state index in [0.717, 1.165) is 86.8 Å². The Morgan fingerprint density at radius 3 is 2.11 bits per heavy atom. The highest BCUT2D eigenvalue weighted by molar-refractivity contribution is 6.12. The van der Waals surface area contributed by atoms with Crippen LogP contribution in [0.3, 0.4) is 0 Å². The monoisotopic (exact) mass is 891 g/mol. The molecule has 1 aliphatic carbocycles. The van der Waals surface area contributed by atoms with Crippen molar-refractivity contribution in [3.05, 3.63) is 74.5 Å². The summed E-state index contributed by atoms with van der Waals surface area (Å²) < 4.78 is 11.1. The zero-order valence-electron chi connectivity index (χ0n) is 41.5. The number of aromatic hydroxyl groups is 1. The topological polar surface area (TPSA) is 153 Å². The second-order valence-electron chi connectivity index (χ2n) is 20.3. The van der Waals surface area contributed by atoms with Gasteiger partial charge < -0.3 is 34.6 Å². The predicted octanol–water partition coefficient (Wildman–Crippen LogP) is 13.8. The van der Waals surface area contributed by atoms with E-state index in [1.807, 2.05) is 19.9 Å². The SMILES string of the molecule is CC[C@H]1c2cc3[nH]c4c(c(O)c(C(=O)OC)c-4c4[nH]c(cc5[nH]c(cc(n2)[C@@H]1C)c(=C(C)O)c5C)[C@@H](C)[C@@H]4CCC(=O)OC/C=C(\C)CCC[C@H](C)CCC[C@@H](C)CCCC(C)C)c3C. The largest absolute Gasteiger partial charge is 0.512 e. The van der Waals surface area contributed by atoms with Crippen molar-refractivity contribution in [1.82, 2.24) is 19.9 Å². The summed E-state index contributed by atoms with van der Waals surface area (Å²) in [7, 11) is 1.32. The van der Waals surface area contributed by atoms with Crippen LogP contribution in [-0.4, -0.2) is 55.8 Å². The van der Waals surface area contributed by atoms with Gasteiger partial charge in [-0.05, 0) is 107 Å². The van der Waals surface area contributed by atoms with Crippen molar-refractivity contribution in [3.8, 4) is 17.0 Å². The molecule has 5 heterocycles. The fraction of sp³-hybridized carbons (Fsp3) is 0.582. The quantitative estimate of drug-likeness (QED) is 0.0464. The zero-order chi connectivity index (χ0) is 47.3. The molecule has 2 aromatic rings. The first-order valence-electron chi connectivity index (χ1n) is 24.6.